The third-order valence-corrected chi connectivity index (χ3v) is 3.66. The molecule has 1 aliphatic rings. The Bertz CT molecular complexity index is 651. The summed E-state index contributed by atoms with van der Waals surface area (Å²) in [5.41, 5.74) is -1.33. The summed E-state index contributed by atoms with van der Waals surface area (Å²) in [6.07, 6.45) is 0. The van der Waals surface area contributed by atoms with Crippen LogP contribution in [0.5, 0.6) is 0 Å². The Morgan fingerprint density at radius 1 is 1.26 bits per heavy atom. The van der Waals surface area contributed by atoms with Crippen LogP contribution >= 0.6 is 11.6 Å². The highest BCUT2D eigenvalue weighted by Gasteiger charge is 2.49. The van der Waals surface area contributed by atoms with Crippen LogP contribution in [0.3, 0.4) is 0 Å². The molecule has 1 atom stereocenters. The summed E-state index contributed by atoms with van der Waals surface area (Å²) in [4.78, 5) is 37.5. The quantitative estimate of drug-likeness (QED) is 0.678. The van der Waals surface area contributed by atoms with Crippen LogP contribution in [0.4, 0.5) is 4.79 Å². The smallest absolute Gasteiger partial charge is 0.326 e. The highest BCUT2D eigenvalue weighted by atomic mass is 35.5. The van der Waals surface area contributed by atoms with E-state index in [1.165, 1.54) is 0 Å². The van der Waals surface area contributed by atoms with E-state index in [2.05, 4.69) is 5.32 Å². The van der Waals surface area contributed by atoms with Gasteiger partial charge in [0.15, 0.2) is 0 Å². The highest BCUT2D eigenvalue weighted by molar-refractivity contribution is 6.30. The van der Waals surface area contributed by atoms with Gasteiger partial charge in [0, 0.05) is 5.02 Å². The van der Waals surface area contributed by atoms with E-state index in [0.29, 0.717) is 10.6 Å². The van der Waals surface area contributed by atoms with Crippen molar-refractivity contribution in [3.05, 3.63) is 34.9 Å². The lowest BCUT2D eigenvalue weighted by Gasteiger charge is -2.23. The number of hydrogen-bond acceptors (Lipinski definition) is 4. The largest absolute Gasteiger partial charge is 0.459 e. The Morgan fingerprint density at radius 2 is 1.83 bits per heavy atom. The number of urea groups is 1. The van der Waals surface area contributed by atoms with Gasteiger partial charge in [-0.1, -0.05) is 23.7 Å². The van der Waals surface area contributed by atoms with Gasteiger partial charge in [0.05, 0.1) is 0 Å². The molecule has 0 spiro atoms. The Kier molecular flexibility index (Phi) is 4.39. The van der Waals surface area contributed by atoms with E-state index in [0.717, 1.165) is 4.90 Å². The minimum atomic E-state index is -1.23. The van der Waals surface area contributed by atoms with E-state index in [-0.39, 0.29) is 0 Å². The molecule has 1 aliphatic heterocycles. The van der Waals surface area contributed by atoms with Crippen LogP contribution in [-0.4, -0.2) is 35.0 Å². The van der Waals surface area contributed by atoms with Crippen molar-refractivity contribution in [2.45, 2.75) is 38.8 Å². The number of imide groups is 1. The molecule has 2 rings (SSSR count). The molecule has 23 heavy (non-hydrogen) atoms. The minimum absolute atomic E-state index is 0.425. The zero-order chi connectivity index (χ0) is 17.4. The molecule has 1 heterocycles. The fraction of sp³-hybridized carbons (Fsp3) is 0.438. The first kappa shape index (κ1) is 17.3. The van der Waals surface area contributed by atoms with Crippen LogP contribution in [0, 0.1) is 0 Å². The molecule has 6 nitrogen and oxygen atoms in total. The van der Waals surface area contributed by atoms with E-state index in [1.807, 2.05) is 0 Å². The van der Waals surface area contributed by atoms with Crippen LogP contribution in [0.1, 0.15) is 33.3 Å². The lowest BCUT2D eigenvalue weighted by atomic mass is 9.92. The molecule has 1 aromatic carbocycles. The van der Waals surface area contributed by atoms with Crippen LogP contribution in [0.25, 0.3) is 0 Å². The Morgan fingerprint density at radius 3 is 2.35 bits per heavy atom. The third-order valence-electron chi connectivity index (χ3n) is 3.40. The summed E-state index contributed by atoms with van der Waals surface area (Å²) in [6.45, 7) is 6.31. The molecule has 3 amide bonds. The maximum absolute atomic E-state index is 12.6. The molecule has 1 unspecified atom stereocenters. The van der Waals surface area contributed by atoms with E-state index in [4.69, 9.17) is 16.3 Å². The topological polar surface area (TPSA) is 75.7 Å². The zero-order valence-corrected chi connectivity index (χ0v) is 14.2. The van der Waals surface area contributed by atoms with Crippen molar-refractivity contribution in [2.24, 2.45) is 0 Å². The summed E-state index contributed by atoms with van der Waals surface area (Å²) in [5.74, 6) is -1.14. The molecule has 0 aliphatic carbocycles. The van der Waals surface area contributed by atoms with E-state index in [1.54, 1.807) is 52.0 Å². The van der Waals surface area contributed by atoms with Gasteiger partial charge in [0.1, 0.15) is 17.7 Å². The number of benzene rings is 1. The van der Waals surface area contributed by atoms with Crippen molar-refractivity contribution in [1.29, 1.82) is 0 Å². The number of esters is 1. The molecule has 1 saturated heterocycles. The first-order valence-corrected chi connectivity index (χ1v) is 7.53. The van der Waals surface area contributed by atoms with Gasteiger partial charge in [-0.05, 0) is 45.4 Å². The number of carbonyl (C=O) groups is 3. The number of hydrogen-bond donors (Lipinski definition) is 1. The van der Waals surface area contributed by atoms with Crippen molar-refractivity contribution in [1.82, 2.24) is 10.2 Å². The van der Waals surface area contributed by atoms with Crippen molar-refractivity contribution in [3.8, 4) is 0 Å². The van der Waals surface area contributed by atoms with Gasteiger partial charge >= 0.3 is 12.0 Å². The number of ether oxygens (including phenoxy) is 1. The van der Waals surface area contributed by atoms with Gasteiger partial charge in [-0.3, -0.25) is 14.5 Å². The molecular weight excluding hydrogens is 320 g/mol. The summed E-state index contributed by atoms with van der Waals surface area (Å²) in [5, 5.41) is 3.15. The van der Waals surface area contributed by atoms with Crippen LogP contribution < -0.4 is 5.32 Å². The monoisotopic (exact) mass is 338 g/mol. The number of amides is 3. The van der Waals surface area contributed by atoms with Crippen molar-refractivity contribution >= 4 is 29.5 Å². The molecular formula is C16H19ClN2O4. The molecule has 1 N–H and O–H groups in total. The lowest BCUT2D eigenvalue weighted by molar-refractivity contribution is -0.157. The predicted molar refractivity (Wildman–Crippen MR) is 84.9 cm³/mol. The van der Waals surface area contributed by atoms with Gasteiger partial charge < -0.3 is 10.1 Å². The second-order valence-electron chi connectivity index (χ2n) is 6.54. The number of halogens is 1. The molecule has 0 radical (unpaired) electrons. The summed E-state index contributed by atoms with van der Waals surface area (Å²) in [7, 11) is 0. The van der Waals surface area contributed by atoms with Crippen molar-refractivity contribution in [3.63, 3.8) is 0 Å². The number of rotatable bonds is 3. The molecule has 0 saturated carbocycles. The third kappa shape index (κ3) is 3.64. The molecule has 124 valence electrons. The van der Waals surface area contributed by atoms with Crippen molar-refractivity contribution in [2.75, 3.05) is 6.54 Å². The Labute approximate surface area is 139 Å². The van der Waals surface area contributed by atoms with Crippen LogP contribution in [0.15, 0.2) is 24.3 Å². The Hall–Kier alpha value is -2.08. The van der Waals surface area contributed by atoms with Gasteiger partial charge in [-0.25, -0.2) is 4.79 Å². The van der Waals surface area contributed by atoms with Crippen LogP contribution in [-0.2, 0) is 19.9 Å². The number of nitrogens with zero attached hydrogens (tertiary/aromatic N) is 1. The first-order valence-electron chi connectivity index (χ1n) is 7.15. The van der Waals surface area contributed by atoms with E-state index in [9.17, 15) is 14.4 Å². The maximum Gasteiger partial charge on any atom is 0.326 e. The standard InChI is InChI=1S/C16H19ClN2O4/c1-15(2,3)23-12(20)9-19-13(21)16(4,18-14(19)22)10-5-7-11(17)8-6-10/h5-8H,9H2,1-4H3,(H,18,22). The molecule has 0 aromatic heterocycles. The number of carbonyl (C=O) groups excluding carboxylic acids is 3. The zero-order valence-electron chi connectivity index (χ0n) is 13.5. The minimum Gasteiger partial charge on any atom is -0.459 e. The summed E-state index contributed by atoms with van der Waals surface area (Å²) in [6, 6.07) is 5.98. The second-order valence-corrected chi connectivity index (χ2v) is 6.98. The molecule has 7 heteroatoms. The predicted octanol–water partition coefficient (Wildman–Crippen LogP) is 2.45. The van der Waals surface area contributed by atoms with Crippen molar-refractivity contribution < 1.29 is 19.1 Å². The molecule has 0 bridgehead atoms. The SMILES string of the molecule is CC(C)(C)OC(=O)CN1C(=O)NC(C)(c2ccc(Cl)cc2)C1=O. The van der Waals surface area contributed by atoms with Gasteiger partial charge in [0.25, 0.3) is 5.91 Å². The molecule has 1 fully saturated rings. The second kappa shape index (κ2) is 5.85. The van der Waals surface area contributed by atoms with Gasteiger partial charge in [-0.2, -0.15) is 0 Å². The fourth-order valence-electron chi connectivity index (χ4n) is 2.32. The number of nitrogens with one attached hydrogen (secondary N) is 1. The summed E-state index contributed by atoms with van der Waals surface area (Å²) >= 11 is 5.84. The Balaban J connectivity index is 2.19. The first-order chi connectivity index (χ1) is 10.5. The molecule has 1 aromatic rings. The fourth-order valence-corrected chi connectivity index (χ4v) is 2.45. The normalized spacial score (nSPS) is 21.3. The highest BCUT2D eigenvalue weighted by Crippen LogP contribution is 2.29. The average Bonchev–Trinajstić information content (AvgIpc) is 2.62. The maximum atomic E-state index is 12.6. The van der Waals surface area contributed by atoms with Gasteiger partial charge in [-0.15, -0.1) is 0 Å². The van der Waals surface area contributed by atoms with Crippen LogP contribution in [0.2, 0.25) is 5.02 Å². The van der Waals surface area contributed by atoms with E-state index < -0.39 is 35.6 Å². The summed E-state index contributed by atoms with van der Waals surface area (Å²) < 4.78 is 5.16. The van der Waals surface area contributed by atoms with E-state index >= 15 is 0 Å². The lowest BCUT2D eigenvalue weighted by Crippen LogP contribution is -2.42. The average molecular weight is 339 g/mol. The van der Waals surface area contributed by atoms with Gasteiger partial charge in [0.2, 0.25) is 0 Å².